The first kappa shape index (κ1) is 29.2. The maximum atomic E-state index is 13.3. The molecular formula is C32H39N3O5. The summed E-state index contributed by atoms with van der Waals surface area (Å²) in [5, 5.41) is 0. The van der Waals surface area contributed by atoms with E-state index < -0.39 is 0 Å². The van der Waals surface area contributed by atoms with Crippen molar-refractivity contribution in [1.82, 2.24) is 14.8 Å². The molecule has 40 heavy (non-hydrogen) atoms. The number of pyridine rings is 1. The van der Waals surface area contributed by atoms with E-state index in [1.165, 1.54) is 0 Å². The second-order valence-electron chi connectivity index (χ2n) is 9.82. The topological polar surface area (TPSA) is 81.2 Å². The van der Waals surface area contributed by atoms with Gasteiger partial charge >= 0.3 is 0 Å². The van der Waals surface area contributed by atoms with Crippen LogP contribution in [-0.2, 0) is 45.0 Å². The Hall–Kier alpha value is -3.75. The summed E-state index contributed by atoms with van der Waals surface area (Å²) in [5.74, 6) is 0.721. The van der Waals surface area contributed by atoms with Gasteiger partial charge in [-0.25, -0.2) is 0 Å². The van der Waals surface area contributed by atoms with Crippen LogP contribution in [0.4, 0.5) is 0 Å². The quantitative estimate of drug-likeness (QED) is 0.446. The highest BCUT2D eigenvalue weighted by Crippen LogP contribution is 2.18. The molecule has 0 fully saturated rings. The Morgan fingerprint density at radius 1 is 0.725 bits per heavy atom. The third-order valence-electron chi connectivity index (χ3n) is 6.88. The number of nitrogens with zero attached hydrogens (tertiary/aromatic N) is 3. The molecule has 0 saturated heterocycles. The van der Waals surface area contributed by atoms with E-state index in [4.69, 9.17) is 19.2 Å². The lowest BCUT2D eigenvalue weighted by Crippen LogP contribution is -2.35. The van der Waals surface area contributed by atoms with Gasteiger partial charge in [-0.1, -0.05) is 60.7 Å². The predicted molar refractivity (Wildman–Crippen MR) is 153 cm³/mol. The summed E-state index contributed by atoms with van der Waals surface area (Å²) in [6.45, 7) is 3.22. The van der Waals surface area contributed by atoms with Gasteiger partial charge < -0.3 is 24.0 Å². The zero-order valence-electron chi connectivity index (χ0n) is 23.3. The van der Waals surface area contributed by atoms with Crippen LogP contribution in [0.5, 0.6) is 5.75 Å². The highest BCUT2D eigenvalue weighted by atomic mass is 16.5. The van der Waals surface area contributed by atoms with Crippen LogP contribution >= 0.6 is 0 Å². The van der Waals surface area contributed by atoms with Gasteiger partial charge in [-0.2, -0.15) is 0 Å². The van der Waals surface area contributed by atoms with Crippen molar-refractivity contribution < 1.29 is 23.8 Å². The van der Waals surface area contributed by atoms with Crippen molar-refractivity contribution >= 4 is 11.8 Å². The number of rotatable bonds is 7. The smallest absolute Gasteiger partial charge is 0.223 e. The zero-order valence-corrected chi connectivity index (χ0v) is 23.3. The molecule has 0 radical (unpaired) electrons. The Morgan fingerprint density at radius 2 is 1.18 bits per heavy atom. The average Bonchev–Trinajstić information content (AvgIpc) is 2.99. The zero-order chi connectivity index (χ0) is 28.0. The van der Waals surface area contributed by atoms with Gasteiger partial charge in [0.25, 0.3) is 0 Å². The SMILES string of the molecule is COc1cc2nc(c1)CN(C(=O)CCc1ccccc1)CCOCCOCCN(C(=O)CCc1ccccc1)C2. The van der Waals surface area contributed by atoms with Crippen molar-refractivity contribution in [2.24, 2.45) is 0 Å². The van der Waals surface area contributed by atoms with Gasteiger partial charge in [0, 0.05) is 38.1 Å². The summed E-state index contributed by atoms with van der Waals surface area (Å²) in [6, 6.07) is 23.7. The van der Waals surface area contributed by atoms with Crippen LogP contribution in [0, 0.1) is 0 Å². The lowest BCUT2D eigenvalue weighted by atomic mass is 10.1. The number of aryl methyl sites for hydroxylation is 2. The molecule has 4 rings (SSSR count). The van der Waals surface area contributed by atoms with Gasteiger partial charge in [-0.05, 0) is 24.0 Å². The molecule has 212 valence electrons. The first-order valence-corrected chi connectivity index (χ1v) is 13.9. The molecule has 1 aliphatic heterocycles. The van der Waals surface area contributed by atoms with E-state index >= 15 is 0 Å². The molecule has 3 aromatic rings. The van der Waals surface area contributed by atoms with Crippen molar-refractivity contribution in [3.63, 3.8) is 0 Å². The van der Waals surface area contributed by atoms with Gasteiger partial charge in [-0.15, -0.1) is 0 Å². The monoisotopic (exact) mass is 545 g/mol. The molecule has 0 saturated carbocycles. The minimum absolute atomic E-state index is 0.0388. The Labute approximate surface area is 236 Å². The normalized spacial score (nSPS) is 15.1. The largest absolute Gasteiger partial charge is 0.497 e. The number of ether oxygens (including phenoxy) is 3. The highest BCUT2D eigenvalue weighted by molar-refractivity contribution is 5.77. The standard InChI is InChI=1S/C32H39N3O5/c1-38-30-22-28-24-34(31(36)14-12-26-8-4-2-5-9-26)16-18-39-20-21-40-19-17-35(25-29(23-30)33-28)32(37)15-13-27-10-6-3-7-11-27/h2-11,22-23H,12-21,24-25H2,1H3. The van der Waals surface area contributed by atoms with E-state index in [0.29, 0.717) is 95.4 Å². The molecule has 2 heterocycles. The Bertz CT molecular complexity index is 1120. The van der Waals surface area contributed by atoms with E-state index in [0.717, 1.165) is 11.1 Å². The third-order valence-corrected chi connectivity index (χ3v) is 6.88. The summed E-state index contributed by atoms with van der Waals surface area (Å²) in [6.07, 6.45) is 2.13. The minimum atomic E-state index is 0.0388. The van der Waals surface area contributed by atoms with E-state index in [1.807, 2.05) is 72.8 Å². The highest BCUT2D eigenvalue weighted by Gasteiger charge is 2.19. The number of amides is 2. The fraction of sp³-hybridized carbons (Fsp3) is 0.406. The number of benzene rings is 2. The van der Waals surface area contributed by atoms with Crippen LogP contribution in [0.3, 0.4) is 0 Å². The fourth-order valence-corrected chi connectivity index (χ4v) is 4.65. The van der Waals surface area contributed by atoms with Crippen molar-refractivity contribution in [3.8, 4) is 5.75 Å². The van der Waals surface area contributed by atoms with Crippen molar-refractivity contribution in [3.05, 3.63) is 95.3 Å². The molecule has 8 nitrogen and oxygen atoms in total. The first-order valence-electron chi connectivity index (χ1n) is 13.9. The summed E-state index contributed by atoms with van der Waals surface area (Å²) in [4.78, 5) is 35.0. The molecule has 2 aromatic carbocycles. The van der Waals surface area contributed by atoms with Crippen LogP contribution in [0.1, 0.15) is 35.4 Å². The number of hydrogen-bond acceptors (Lipinski definition) is 6. The van der Waals surface area contributed by atoms with Gasteiger partial charge in [-0.3, -0.25) is 14.6 Å². The average molecular weight is 546 g/mol. The van der Waals surface area contributed by atoms with Crippen LogP contribution in [0.25, 0.3) is 0 Å². The number of hydrogen-bond donors (Lipinski definition) is 0. The predicted octanol–water partition coefficient (Wildman–Crippen LogP) is 4.06. The fourth-order valence-electron chi connectivity index (χ4n) is 4.65. The molecular weight excluding hydrogens is 506 g/mol. The Morgan fingerprint density at radius 3 is 1.60 bits per heavy atom. The summed E-state index contributed by atoms with van der Waals surface area (Å²) < 4.78 is 17.1. The van der Waals surface area contributed by atoms with E-state index in [-0.39, 0.29) is 11.8 Å². The second kappa shape index (κ2) is 15.7. The Kier molecular flexibility index (Phi) is 11.5. The number of carbonyl (C=O) groups is 2. The maximum absolute atomic E-state index is 13.3. The lowest BCUT2D eigenvalue weighted by molar-refractivity contribution is -0.133. The Balaban J connectivity index is 1.50. The number of fused-ring (bicyclic) bond motifs is 2. The molecule has 0 N–H and O–H groups in total. The molecule has 8 heteroatoms. The number of aromatic nitrogens is 1. The molecule has 2 amide bonds. The molecule has 0 spiro atoms. The number of methoxy groups -OCH3 is 1. The summed E-state index contributed by atoms with van der Waals surface area (Å²) in [7, 11) is 1.61. The molecule has 1 aliphatic rings. The maximum Gasteiger partial charge on any atom is 0.223 e. The van der Waals surface area contributed by atoms with Gasteiger partial charge in [0.2, 0.25) is 11.8 Å². The molecule has 0 atom stereocenters. The second-order valence-corrected chi connectivity index (χ2v) is 9.82. The van der Waals surface area contributed by atoms with Crippen LogP contribution in [0.15, 0.2) is 72.8 Å². The summed E-state index contributed by atoms with van der Waals surface area (Å²) >= 11 is 0. The van der Waals surface area contributed by atoms with E-state index in [2.05, 4.69) is 0 Å². The van der Waals surface area contributed by atoms with Gasteiger partial charge in [0.15, 0.2) is 0 Å². The molecule has 0 aliphatic carbocycles. The van der Waals surface area contributed by atoms with Crippen molar-refractivity contribution in [1.29, 1.82) is 0 Å². The van der Waals surface area contributed by atoms with Crippen molar-refractivity contribution in [2.45, 2.75) is 38.8 Å². The molecule has 0 unspecified atom stereocenters. The number of carbonyl (C=O) groups excluding carboxylic acids is 2. The minimum Gasteiger partial charge on any atom is -0.497 e. The van der Waals surface area contributed by atoms with Crippen LogP contribution in [-0.4, -0.2) is 73.2 Å². The molecule has 2 bridgehead atoms. The van der Waals surface area contributed by atoms with E-state index in [1.54, 1.807) is 16.9 Å². The van der Waals surface area contributed by atoms with Crippen molar-refractivity contribution in [2.75, 3.05) is 46.6 Å². The van der Waals surface area contributed by atoms with Gasteiger partial charge in [0.1, 0.15) is 5.75 Å². The summed E-state index contributed by atoms with van der Waals surface area (Å²) in [5.41, 5.74) is 3.68. The van der Waals surface area contributed by atoms with Gasteiger partial charge in [0.05, 0.1) is 58.0 Å². The van der Waals surface area contributed by atoms with Crippen LogP contribution < -0.4 is 4.74 Å². The van der Waals surface area contributed by atoms with Crippen LogP contribution in [0.2, 0.25) is 0 Å². The third kappa shape index (κ3) is 9.47. The first-order chi connectivity index (χ1) is 19.6. The lowest BCUT2D eigenvalue weighted by Gasteiger charge is -2.24. The van der Waals surface area contributed by atoms with E-state index in [9.17, 15) is 9.59 Å². The molecule has 1 aromatic heterocycles.